The molecular formula is C13H19N5. The van der Waals surface area contributed by atoms with Gasteiger partial charge in [0.25, 0.3) is 0 Å². The summed E-state index contributed by atoms with van der Waals surface area (Å²) >= 11 is 0. The number of aryl methyl sites for hydroxylation is 1. The monoisotopic (exact) mass is 245 g/mol. The maximum atomic E-state index is 6.01. The molecule has 3 heterocycles. The van der Waals surface area contributed by atoms with E-state index in [9.17, 15) is 0 Å². The number of likely N-dealkylation sites (tertiary alicyclic amines) is 1. The van der Waals surface area contributed by atoms with Crippen molar-refractivity contribution in [3.05, 3.63) is 24.2 Å². The second-order valence-corrected chi connectivity index (χ2v) is 5.23. The van der Waals surface area contributed by atoms with Crippen LogP contribution in [0.5, 0.6) is 0 Å². The first kappa shape index (κ1) is 11.6. The minimum atomic E-state index is 0.296. The van der Waals surface area contributed by atoms with Crippen LogP contribution in [0.15, 0.2) is 18.6 Å². The number of piperidine rings is 1. The number of nitrogens with zero attached hydrogens (tertiary/aromatic N) is 4. The smallest absolute Gasteiger partial charge is 0.0757 e. The van der Waals surface area contributed by atoms with Crippen molar-refractivity contribution >= 4 is 10.9 Å². The first-order chi connectivity index (χ1) is 8.66. The number of likely N-dealkylation sites (N-methyl/N-ethyl adjacent to an activating group) is 1. The summed E-state index contributed by atoms with van der Waals surface area (Å²) in [6.07, 6.45) is 7.88. The van der Waals surface area contributed by atoms with Crippen molar-refractivity contribution < 1.29 is 0 Å². The summed E-state index contributed by atoms with van der Waals surface area (Å²) in [5.74, 6) is 0. The van der Waals surface area contributed by atoms with Crippen molar-refractivity contribution in [1.29, 1.82) is 0 Å². The summed E-state index contributed by atoms with van der Waals surface area (Å²) in [4.78, 5) is 6.67. The highest BCUT2D eigenvalue weighted by molar-refractivity contribution is 5.81. The fourth-order valence-electron chi connectivity index (χ4n) is 2.98. The minimum Gasteiger partial charge on any atom is -0.327 e. The molecular weight excluding hydrogens is 226 g/mol. The normalized spacial score (nSPS) is 25.7. The lowest BCUT2D eigenvalue weighted by Gasteiger charge is -2.36. The highest BCUT2D eigenvalue weighted by atomic mass is 15.3. The van der Waals surface area contributed by atoms with Gasteiger partial charge >= 0.3 is 0 Å². The van der Waals surface area contributed by atoms with Gasteiger partial charge in [0.15, 0.2) is 0 Å². The summed E-state index contributed by atoms with van der Waals surface area (Å²) in [7, 11) is 4.12. The molecule has 2 N–H and O–H groups in total. The first-order valence-electron chi connectivity index (χ1n) is 6.38. The molecule has 0 radical (unpaired) electrons. The van der Waals surface area contributed by atoms with Gasteiger partial charge in [-0.3, -0.25) is 14.6 Å². The van der Waals surface area contributed by atoms with Crippen LogP contribution in [-0.2, 0) is 7.05 Å². The van der Waals surface area contributed by atoms with Gasteiger partial charge in [0, 0.05) is 49.0 Å². The quantitative estimate of drug-likeness (QED) is 0.816. The molecule has 18 heavy (non-hydrogen) atoms. The van der Waals surface area contributed by atoms with Gasteiger partial charge in [0.1, 0.15) is 0 Å². The molecule has 5 nitrogen and oxygen atoms in total. The molecule has 1 saturated heterocycles. The number of nitrogens with two attached hydrogens (primary N) is 1. The zero-order chi connectivity index (χ0) is 12.7. The van der Waals surface area contributed by atoms with Gasteiger partial charge in [0.2, 0.25) is 0 Å². The average Bonchev–Trinajstić information content (AvgIpc) is 2.72. The van der Waals surface area contributed by atoms with E-state index in [0.29, 0.717) is 12.1 Å². The van der Waals surface area contributed by atoms with Gasteiger partial charge in [-0.05, 0) is 19.9 Å². The van der Waals surface area contributed by atoms with Crippen molar-refractivity contribution in [2.45, 2.75) is 24.9 Å². The van der Waals surface area contributed by atoms with Crippen molar-refractivity contribution in [3.8, 4) is 0 Å². The summed E-state index contributed by atoms with van der Waals surface area (Å²) in [6.45, 7) is 0.943. The van der Waals surface area contributed by atoms with Gasteiger partial charge in [-0.25, -0.2) is 0 Å². The van der Waals surface area contributed by atoms with E-state index in [0.717, 1.165) is 24.8 Å². The van der Waals surface area contributed by atoms with Crippen LogP contribution in [0.2, 0.25) is 0 Å². The van der Waals surface area contributed by atoms with Gasteiger partial charge in [-0.15, -0.1) is 0 Å². The van der Waals surface area contributed by atoms with Crippen LogP contribution >= 0.6 is 0 Å². The molecule has 2 aromatic heterocycles. The molecule has 0 saturated carbocycles. The Balaban J connectivity index is 2.06. The fourth-order valence-corrected chi connectivity index (χ4v) is 2.98. The van der Waals surface area contributed by atoms with Crippen LogP contribution < -0.4 is 5.73 Å². The molecule has 96 valence electrons. The van der Waals surface area contributed by atoms with E-state index in [4.69, 9.17) is 5.73 Å². The van der Waals surface area contributed by atoms with E-state index in [1.807, 2.05) is 30.3 Å². The third-order valence-corrected chi connectivity index (χ3v) is 3.89. The molecule has 2 unspecified atom stereocenters. The van der Waals surface area contributed by atoms with Crippen LogP contribution in [0.1, 0.15) is 24.4 Å². The standard InChI is InChI=1S/C13H19N5/c1-17-8-10(14)3-4-12(17)11-7-15-5-9-6-16-18(2)13(9)11/h5-7,10,12H,3-4,8,14H2,1-2H3. The zero-order valence-corrected chi connectivity index (χ0v) is 10.9. The first-order valence-corrected chi connectivity index (χ1v) is 6.38. The Labute approximate surface area is 107 Å². The van der Waals surface area contributed by atoms with Crippen molar-refractivity contribution in [2.75, 3.05) is 13.6 Å². The molecule has 2 atom stereocenters. The summed E-state index contributed by atoms with van der Waals surface area (Å²) in [5, 5.41) is 5.43. The van der Waals surface area contributed by atoms with Crippen LogP contribution in [0.25, 0.3) is 10.9 Å². The van der Waals surface area contributed by atoms with E-state index in [1.54, 1.807) is 0 Å². The summed E-state index contributed by atoms with van der Waals surface area (Å²) < 4.78 is 1.94. The Morgan fingerprint density at radius 3 is 2.83 bits per heavy atom. The third-order valence-electron chi connectivity index (χ3n) is 3.89. The molecule has 1 aliphatic rings. The lowest BCUT2D eigenvalue weighted by atomic mass is 9.93. The Bertz CT molecular complexity index is 562. The summed E-state index contributed by atoms with van der Waals surface area (Å²) in [6, 6.07) is 0.696. The molecule has 0 bridgehead atoms. The van der Waals surface area contributed by atoms with E-state index < -0.39 is 0 Å². The molecule has 5 heteroatoms. The van der Waals surface area contributed by atoms with Gasteiger partial charge in [-0.2, -0.15) is 5.10 Å². The Hall–Kier alpha value is -1.46. The van der Waals surface area contributed by atoms with Gasteiger partial charge in [0.05, 0.1) is 11.7 Å². The highest BCUT2D eigenvalue weighted by Crippen LogP contribution is 2.32. The number of hydrogen-bond acceptors (Lipinski definition) is 4. The average molecular weight is 245 g/mol. The zero-order valence-electron chi connectivity index (χ0n) is 10.9. The number of pyridine rings is 1. The van der Waals surface area contributed by atoms with Crippen LogP contribution in [-0.4, -0.2) is 39.3 Å². The van der Waals surface area contributed by atoms with Crippen molar-refractivity contribution in [3.63, 3.8) is 0 Å². The molecule has 2 aromatic rings. The van der Waals surface area contributed by atoms with E-state index in [2.05, 4.69) is 22.0 Å². The molecule has 3 rings (SSSR count). The minimum absolute atomic E-state index is 0.296. The number of rotatable bonds is 1. The molecule has 0 spiro atoms. The Morgan fingerprint density at radius 1 is 1.22 bits per heavy atom. The lowest BCUT2D eigenvalue weighted by molar-refractivity contribution is 0.170. The second-order valence-electron chi connectivity index (χ2n) is 5.23. The molecule has 0 aliphatic carbocycles. The summed E-state index contributed by atoms with van der Waals surface area (Å²) in [5.41, 5.74) is 8.47. The molecule has 1 fully saturated rings. The highest BCUT2D eigenvalue weighted by Gasteiger charge is 2.27. The van der Waals surface area contributed by atoms with Crippen molar-refractivity contribution in [2.24, 2.45) is 12.8 Å². The Kier molecular flexibility index (Phi) is 2.80. The number of aromatic nitrogens is 3. The lowest BCUT2D eigenvalue weighted by Crippen LogP contribution is -2.42. The van der Waals surface area contributed by atoms with Crippen LogP contribution in [0, 0.1) is 0 Å². The number of fused-ring (bicyclic) bond motifs is 1. The third kappa shape index (κ3) is 1.79. The second kappa shape index (κ2) is 4.33. The fraction of sp³-hybridized carbons (Fsp3) is 0.538. The predicted octanol–water partition coefficient (Wildman–Crippen LogP) is 1.06. The van der Waals surface area contributed by atoms with Gasteiger partial charge in [-0.1, -0.05) is 0 Å². The van der Waals surface area contributed by atoms with Crippen LogP contribution in [0.4, 0.5) is 0 Å². The van der Waals surface area contributed by atoms with Crippen LogP contribution in [0.3, 0.4) is 0 Å². The van der Waals surface area contributed by atoms with Gasteiger partial charge < -0.3 is 5.73 Å². The maximum absolute atomic E-state index is 6.01. The topological polar surface area (TPSA) is 60.0 Å². The van der Waals surface area contributed by atoms with E-state index in [-0.39, 0.29) is 0 Å². The number of hydrogen-bond donors (Lipinski definition) is 1. The predicted molar refractivity (Wildman–Crippen MR) is 71.1 cm³/mol. The van der Waals surface area contributed by atoms with E-state index >= 15 is 0 Å². The van der Waals surface area contributed by atoms with E-state index in [1.165, 1.54) is 11.1 Å². The van der Waals surface area contributed by atoms with Crippen molar-refractivity contribution in [1.82, 2.24) is 19.7 Å². The largest absolute Gasteiger partial charge is 0.327 e. The maximum Gasteiger partial charge on any atom is 0.0757 e. The molecule has 0 amide bonds. The molecule has 0 aromatic carbocycles. The molecule has 1 aliphatic heterocycles. The SMILES string of the molecule is CN1CC(N)CCC1c1cncc2cnn(C)c12. The Morgan fingerprint density at radius 2 is 2.06 bits per heavy atom.